The van der Waals surface area contributed by atoms with Gasteiger partial charge in [0.05, 0.1) is 6.33 Å². The van der Waals surface area contributed by atoms with E-state index in [1.807, 2.05) is 23.3 Å². The fourth-order valence-corrected chi connectivity index (χ4v) is 4.36. The molecule has 2 saturated heterocycles. The summed E-state index contributed by atoms with van der Waals surface area (Å²) in [4.78, 5) is 6.79. The van der Waals surface area contributed by atoms with Crippen LogP contribution in [0.2, 0.25) is 0 Å². The van der Waals surface area contributed by atoms with Gasteiger partial charge in [-0.05, 0) is 62.4 Å². The zero-order valence-electron chi connectivity index (χ0n) is 13.9. The van der Waals surface area contributed by atoms with Crippen molar-refractivity contribution < 1.29 is 0 Å². The molecule has 0 aliphatic carbocycles. The Hall–Kier alpha value is -1.65. The summed E-state index contributed by atoms with van der Waals surface area (Å²) in [6, 6.07) is 9.60. The van der Waals surface area contributed by atoms with Crippen molar-refractivity contribution in [1.29, 1.82) is 0 Å². The van der Waals surface area contributed by atoms with Gasteiger partial charge in [-0.3, -0.25) is 4.90 Å². The van der Waals surface area contributed by atoms with Gasteiger partial charge in [-0.1, -0.05) is 12.1 Å². The van der Waals surface area contributed by atoms with E-state index in [1.54, 1.807) is 0 Å². The molecule has 0 radical (unpaired) electrons. The van der Waals surface area contributed by atoms with Crippen molar-refractivity contribution in [2.45, 2.75) is 38.8 Å². The van der Waals surface area contributed by atoms with E-state index in [2.05, 4.69) is 46.4 Å². The van der Waals surface area contributed by atoms with Gasteiger partial charge in [0, 0.05) is 37.2 Å². The molecule has 2 aromatic rings. The first-order valence-electron chi connectivity index (χ1n) is 8.76. The van der Waals surface area contributed by atoms with E-state index in [-0.39, 0.29) is 0 Å². The summed E-state index contributed by atoms with van der Waals surface area (Å²) in [5, 5.41) is 3.51. The highest BCUT2D eigenvalue weighted by atomic mass is 15.2. The minimum absolute atomic E-state index is 0.571. The van der Waals surface area contributed by atoms with E-state index in [9.17, 15) is 0 Å². The molecule has 1 unspecified atom stereocenters. The number of hydrogen-bond donors (Lipinski definition) is 1. The largest absolute Gasteiger partial charge is 0.317 e. The first-order valence-corrected chi connectivity index (χ1v) is 8.76. The van der Waals surface area contributed by atoms with E-state index in [0.717, 1.165) is 6.54 Å². The van der Waals surface area contributed by atoms with Crippen LogP contribution in [-0.2, 0) is 6.54 Å². The van der Waals surface area contributed by atoms with Gasteiger partial charge in [0.1, 0.15) is 0 Å². The van der Waals surface area contributed by atoms with Crippen molar-refractivity contribution in [3.8, 4) is 5.69 Å². The molecule has 0 bridgehead atoms. The number of rotatable bonds is 3. The summed E-state index contributed by atoms with van der Waals surface area (Å²) in [5.41, 5.74) is 3.16. The molecule has 1 N–H and O–H groups in total. The Balaban J connectivity index is 1.43. The molecule has 2 aliphatic rings. The molecule has 2 aliphatic heterocycles. The molecule has 0 amide bonds. The number of benzene rings is 1. The van der Waals surface area contributed by atoms with Crippen molar-refractivity contribution in [3.05, 3.63) is 48.5 Å². The van der Waals surface area contributed by atoms with E-state index < -0.39 is 0 Å². The van der Waals surface area contributed by atoms with Crippen LogP contribution in [0.25, 0.3) is 5.69 Å². The lowest BCUT2D eigenvalue weighted by Crippen LogP contribution is -2.38. The van der Waals surface area contributed by atoms with Crippen molar-refractivity contribution in [3.63, 3.8) is 0 Å². The van der Waals surface area contributed by atoms with Crippen LogP contribution in [0.3, 0.4) is 0 Å². The molecule has 1 atom stereocenters. The van der Waals surface area contributed by atoms with Gasteiger partial charge in [0.15, 0.2) is 0 Å². The SMILES string of the molecule is CC1CC2(CCNCC2)CN1Cc1ccc(-n2ccnc2)cc1. The Morgan fingerprint density at radius 2 is 2.00 bits per heavy atom. The molecule has 0 saturated carbocycles. The van der Waals surface area contributed by atoms with E-state index >= 15 is 0 Å². The molecular formula is C19H26N4. The third-order valence-electron chi connectivity index (χ3n) is 5.68. The zero-order chi connectivity index (χ0) is 15.7. The Morgan fingerprint density at radius 3 is 2.70 bits per heavy atom. The van der Waals surface area contributed by atoms with Crippen LogP contribution in [0.15, 0.2) is 43.0 Å². The lowest BCUT2D eigenvalue weighted by atomic mass is 9.77. The first-order chi connectivity index (χ1) is 11.2. The van der Waals surface area contributed by atoms with Crippen molar-refractivity contribution in [1.82, 2.24) is 19.8 Å². The van der Waals surface area contributed by atoms with Gasteiger partial charge < -0.3 is 9.88 Å². The summed E-state index contributed by atoms with van der Waals surface area (Å²) in [5.74, 6) is 0. The summed E-state index contributed by atoms with van der Waals surface area (Å²) in [6.07, 6.45) is 9.69. The van der Waals surface area contributed by atoms with Gasteiger partial charge in [-0.2, -0.15) is 0 Å². The first kappa shape index (κ1) is 14.9. The molecule has 3 heterocycles. The minimum Gasteiger partial charge on any atom is -0.317 e. The van der Waals surface area contributed by atoms with E-state index in [4.69, 9.17) is 0 Å². The fourth-order valence-electron chi connectivity index (χ4n) is 4.36. The molecule has 1 spiro atoms. The maximum Gasteiger partial charge on any atom is 0.0991 e. The lowest BCUT2D eigenvalue weighted by molar-refractivity contribution is 0.190. The third-order valence-corrected chi connectivity index (χ3v) is 5.68. The van der Waals surface area contributed by atoms with Crippen molar-refractivity contribution in [2.75, 3.05) is 19.6 Å². The average molecular weight is 310 g/mol. The van der Waals surface area contributed by atoms with Crippen LogP contribution in [0, 0.1) is 5.41 Å². The van der Waals surface area contributed by atoms with Crippen molar-refractivity contribution >= 4 is 0 Å². The zero-order valence-corrected chi connectivity index (χ0v) is 13.9. The topological polar surface area (TPSA) is 33.1 Å². The smallest absolute Gasteiger partial charge is 0.0991 e. The maximum atomic E-state index is 4.11. The molecule has 1 aromatic heterocycles. The predicted octanol–water partition coefficient (Wildman–Crippen LogP) is 2.84. The molecule has 23 heavy (non-hydrogen) atoms. The number of likely N-dealkylation sites (tertiary alicyclic amines) is 1. The number of hydrogen-bond acceptors (Lipinski definition) is 3. The predicted molar refractivity (Wildman–Crippen MR) is 92.6 cm³/mol. The van der Waals surface area contributed by atoms with Crippen molar-refractivity contribution in [2.24, 2.45) is 5.41 Å². The second-order valence-corrected chi connectivity index (χ2v) is 7.34. The number of aromatic nitrogens is 2. The normalized spacial score (nSPS) is 24.3. The molecule has 2 fully saturated rings. The molecule has 122 valence electrons. The number of piperidine rings is 1. The number of nitrogens with one attached hydrogen (secondary N) is 1. The van der Waals surface area contributed by atoms with Crippen LogP contribution in [0.1, 0.15) is 31.7 Å². The van der Waals surface area contributed by atoms with Crippen LogP contribution in [0.5, 0.6) is 0 Å². The Bertz CT molecular complexity index is 626. The molecule has 4 nitrogen and oxygen atoms in total. The minimum atomic E-state index is 0.571. The Kier molecular flexibility index (Phi) is 3.95. The lowest BCUT2D eigenvalue weighted by Gasteiger charge is -2.33. The van der Waals surface area contributed by atoms with Crippen LogP contribution in [0.4, 0.5) is 0 Å². The molecular weight excluding hydrogens is 284 g/mol. The summed E-state index contributed by atoms with van der Waals surface area (Å²) in [6.45, 7) is 7.12. The molecule has 4 heteroatoms. The van der Waals surface area contributed by atoms with Crippen LogP contribution < -0.4 is 5.32 Å². The van der Waals surface area contributed by atoms with Crippen LogP contribution in [-0.4, -0.2) is 40.1 Å². The van der Waals surface area contributed by atoms with E-state index in [1.165, 1.54) is 50.1 Å². The summed E-state index contributed by atoms with van der Waals surface area (Å²) in [7, 11) is 0. The fraction of sp³-hybridized carbons (Fsp3) is 0.526. The van der Waals surface area contributed by atoms with Gasteiger partial charge in [0.25, 0.3) is 0 Å². The highest BCUT2D eigenvalue weighted by Gasteiger charge is 2.42. The summed E-state index contributed by atoms with van der Waals surface area (Å²) >= 11 is 0. The van der Waals surface area contributed by atoms with Gasteiger partial charge >= 0.3 is 0 Å². The van der Waals surface area contributed by atoms with Gasteiger partial charge in [-0.25, -0.2) is 4.98 Å². The average Bonchev–Trinajstić information content (AvgIpc) is 3.19. The van der Waals surface area contributed by atoms with E-state index in [0.29, 0.717) is 11.5 Å². The highest BCUT2D eigenvalue weighted by molar-refractivity contribution is 5.34. The molecule has 4 rings (SSSR count). The Labute approximate surface area is 138 Å². The van der Waals surface area contributed by atoms with Gasteiger partial charge in [-0.15, -0.1) is 0 Å². The second-order valence-electron chi connectivity index (χ2n) is 7.34. The maximum absolute atomic E-state index is 4.11. The monoisotopic (exact) mass is 310 g/mol. The van der Waals surface area contributed by atoms with Crippen LogP contribution >= 0.6 is 0 Å². The third kappa shape index (κ3) is 3.06. The summed E-state index contributed by atoms with van der Waals surface area (Å²) < 4.78 is 2.05. The highest BCUT2D eigenvalue weighted by Crippen LogP contribution is 2.42. The second kappa shape index (κ2) is 6.10. The number of imidazole rings is 1. The Morgan fingerprint density at radius 1 is 1.22 bits per heavy atom. The molecule has 1 aromatic carbocycles. The standard InChI is InChI=1S/C19H26N4/c1-16-12-19(6-8-20-9-7-19)14-23(16)13-17-2-4-18(5-3-17)22-11-10-21-15-22/h2-5,10-11,15-16,20H,6-9,12-14H2,1H3. The number of nitrogens with zero attached hydrogens (tertiary/aromatic N) is 3. The van der Waals surface area contributed by atoms with Gasteiger partial charge in [0.2, 0.25) is 0 Å². The quantitative estimate of drug-likeness (QED) is 0.946.